The van der Waals surface area contributed by atoms with Gasteiger partial charge in [0.05, 0.1) is 18.0 Å². The van der Waals surface area contributed by atoms with Gasteiger partial charge in [-0.05, 0) is 30.0 Å². The van der Waals surface area contributed by atoms with Crippen LogP contribution in [0.3, 0.4) is 0 Å². The van der Waals surface area contributed by atoms with E-state index in [0.717, 1.165) is 22.5 Å². The van der Waals surface area contributed by atoms with Gasteiger partial charge < -0.3 is 10.4 Å². The zero-order valence-corrected chi connectivity index (χ0v) is 16.0. The maximum absolute atomic E-state index is 12.4. The lowest BCUT2D eigenvalue weighted by Crippen LogP contribution is -2.30. The number of carbonyl (C=O) groups is 2. The Kier molecular flexibility index (Phi) is 6.26. The number of thioether (sulfide) groups is 1. The van der Waals surface area contributed by atoms with E-state index in [2.05, 4.69) is 5.32 Å². The van der Waals surface area contributed by atoms with Crippen molar-refractivity contribution < 1.29 is 23.1 Å². The molecule has 0 aliphatic heterocycles. The number of nitrogens with one attached hydrogen (secondary N) is 1. The van der Waals surface area contributed by atoms with Gasteiger partial charge >= 0.3 is 5.97 Å². The fraction of sp³-hybridized carbons (Fsp3) is 0.250. The van der Waals surface area contributed by atoms with Crippen LogP contribution in [0.1, 0.15) is 28.4 Å². The molecule has 0 saturated carbocycles. The predicted molar refractivity (Wildman–Crippen MR) is 98.1 cm³/mol. The summed E-state index contributed by atoms with van der Waals surface area (Å²) < 4.78 is 23.1. The van der Waals surface area contributed by atoms with E-state index < -0.39 is 27.8 Å². The Bertz CT molecular complexity index is 871. The smallest absolute Gasteiger partial charge is 0.305 e. The monoisotopic (exact) mass is 399 g/mol. The van der Waals surface area contributed by atoms with Crippen LogP contribution < -0.4 is 5.32 Å². The highest BCUT2D eigenvalue weighted by Crippen LogP contribution is 2.24. The van der Waals surface area contributed by atoms with Crippen molar-refractivity contribution in [2.45, 2.75) is 21.6 Å². The van der Waals surface area contributed by atoms with Gasteiger partial charge in [0.1, 0.15) is 4.21 Å². The van der Waals surface area contributed by atoms with E-state index >= 15 is 0 Å². The zero-order chi connectivity index (χ0) is 18.6. The molecule has 1 unspecified atom stereocenters. The lowest BCUT2D eigenvalue weighted by atomic mass is 10.0. The molecule has 134 valence electrons. The molecular formula is C16H17NO5S3. The molecule has 0 saturated heterocycles. The number of carboxylic acid groups (broad SMARTS) is 1. The second-order valence-electron chi connectivity index (χ2n) is 5.32. The van der Waals surface area contributed by atoms with Gasteiger partial charge in [-0.3, -0.25) is 9.59 Å². The average molecular weight is 400 g/mol. The van der Waals surface area contributed by atoms with E-state index in [1.165, 1.54) is 11.4 Å². The third-order valence-electron chi connectivity index (χ3n) is 3.41. The minimum Gasteiger partial charge on any atom is -0.481 e. The molecule has 1 aromatic carbocycles. The van der Waals surface area contributed by atoms with Crippen molar-refractivity contribution in [3.63, 3.8) is 0 Å². The van der Waals surface area contributed by atoms with Crippen LogP contribution in [0.5, 0.6) is 0 Å². The highest BCUT2D eigenvalue weighted by Gasteiger charge is 2.21. The van der Waals surface area contributed by atoms with E-state index in [9.17, 15) is 18.0 Å². The minimum atomic E-state index is -3.38. The molecule has 1 atom stereocenters. The molecular weight excluding hydrogens is 382 g/mol. The lowest BCUT2D eigenvalue weighted by molar-refractivity contribution is -0.137. The summed E-state index contributed by atoms with van der Waals surface area (Å²) in [6.07, 6.45) is 2.73. The van der Waals surface area contributed by atoms with E-state index in [-0.39, 0.29) is 16.2 Å². The third kappa shape index (κ3) is 5.32. The molecule has 2 rings (SSSR count). The van der Waals surface area contributed by atoms with Crippen LogP contribution in [-0.2, 0) is 14.6 Å². The molecule has 2 aromatic rings. The molecule has 1 amide bonds. The van der Waals surface area contributed by atoms with Crippen molar-refractivity contribution in [3.05, 3.63) is 46.8 Å². The van der Waals surface area contributed by atoms with Gasteiger partial charge in [0.15, 0.2) is 9.84 Å². The number of rotatable bonds is 7. The standard InChI is InChI=1S/C16H17NO5S3/c1-23-12-5-3-10(4-6-12)13(8-14(18)19)17-16(20)11-7-15(24-9-11)25(2,21)22/h3-7,9,13H,8H2,1-2H3,(H,17,20)(H,18,19). The third-order valence-corrected chi connectivity index (χ3v) is 6.92. The molecule has 0 aliphatic carbocycles. The van der Waals surface area contributed by atoms with Gasteiger partial charge in [-0.25, -0.2) is 8.42 Å². The highest BCUT2D eigenvalue weighted by molar-refractivity contribution is 7.98. The normalized spacial score (nSPS) is 12.6. The molecule has 0 spiro atoms. The van der Waals surface area contributed by atoms with Gasteiger partial charge in [0.25, 0.3) is 5.91 Å². The Morgan fingerprint density at radius 2 is 1.92 bits per heavy atom. The van der Waals surface area contributed by atoms with Gasteiger partial charge in [0, 0.05) is 16.5 Å². The van der Waals surface area contributed by atoms with Crippen LogP contribution in [-0.4, -0.2) is 37.9 Å². The first-order chi connectivity index (χ1) is 11.7. The Hall–Kier alpha value is -1.84. The summed E-state index contributed by atoms with van der Waals surface area (Å²) >= 11 is 2.52. The van der Waals surface area contributed by atoms with Crippen LogP contribution in [0.2, 0.25) is 0 Å². The predicted octanol–water partition coefficient (Wildman–Crippen LogP) is 2.82. The molecule has 1 heterocycles. The summed E-state index contributed by atoms with van der Waals surface area (Å²) in [5.74, 6) is -1.55. The molecule has 0 bridgehead atoms. The summed E-state index contributed by atoms with van der Waals surface area (Å²) in [6, 6.07) is 7.84. The fourth-order valence-electron chi connectivity index (χ4n) is 2.13. The molecule has 9 heteroatoms. The fourth-order valence-corrected chi connectivity index (χ4v) is 4.34. The summed E-state index contributed by atoms with van der Waals surface area (Å²) in [6.45, 7) is 0. The molecule has 2 N–H and O–H groups in total. The summed E-state index contributed by atoms with van der Waals surface area (Å²) in [4.78, 5) is 24.5. The topological polar surface area (TPSA) is 101 Å². The van der Waals surface area contributed by atoms with Crippen molar-refractivity contribution in [2.24, 2.45) is 0 Å². The largest absolute Gasteiger partial charge is 0.481 e. The minimum absolute atomic E-state index is 0.0942. The van der Waals surface area contributed by atoms with E-state index in [4.69, 9.17) is 5.11 Å². The number of carboxylic acids is 1. The first-order valence-corrected chi connectivity index (χ1v) is 11.2. The number of thiophene rings is 1. The van der Waals surface area contributed by atoms with Gasteiger partial charge in [-0.1, -0.05) is 12.1 Å². The number of amides is 1. The number of hydrogen-bond acceptors (Lipinski definition) is 6. The number of benzene rings is 1. The van der Waals surface area contributed by atoms with E-state index in [1.807, 2.05) is 18.4 Å². The Morgan fingerprint density at radius 1 is 1.28 bits per heavy atom. The maximum Gasteiger partial charge on any atom is 0.305 e. The van der Waals surface area contributed by atoms with Crippen LogP contribution in [0, 0.1) is 0 Å². The Balaban J connectivity index is 2.22. The highest BCUT2D eigenvalue weighted by atomic mass is 32.2. The Labute approximate surface area is 154 Å². The van der Waals surface area contributed by atoms with Crippen molar-refractivity contribution in [1.29, 1.82) is 0 Å². The average Bonchev–Trinajstić information content (AvgIpc) is 3.04. The number of hydrogen-bond donors (Lipinski definition) is 2. The molecule has 1 aromatic heterocycles. The van der Waals surface area contributed by atoms with Crippen LogP contribution in [0.25, 0.3) is 0 Å². The van der Waals surface area contributed by atoms with Gasteiger partial charge in [-0.2, -0.15) is 0 Å². The molecule has 0 fully saturated rings. The number of sulfone groups is 1. The first-order valence-electron chi connectivity index (χ1n) is 7.16. The second-order valence-corrected chi connectivity index (χ2v) is 9.36. The Morgan fingerprint density at radius 3 is 2.40 bits per heavy atom. The number of carbonyl (C=O) groups excluding carboxylic acids is 1. The quantitative estimate of drug-likeness (QED) is 0.695. The van der Waals surface area contributed by atoms with Crippen molar-refractivity contribution in [3.8, 4) is 0 Å². The summed E-state index contributed by atoms with van der Waals surface area (Å²) in [5.41, 5.74) is 0.869. The van der Waals surface area contributed by atoms with Crippen molar-refractivity contribution >= 4 is 44.8 Å². The summed E-state index contributed by atoms with van der Waals surface area (Å²) in [7, 11) is -3.38. The van der Waals surface area contributed by atoms with E-state index in [1.54, 1.807) is 23.9 Å². The van der Waals surface area contributed by atoms with Crippen LogP contribution in [0.4, 0.5) is 0 Å². The first kappa shape index (κ1) is 19.5. The second kappa shape index (κ2) is 8.03. The SMILES string of the molecule is CSc1ccc(C(CC(=O)O)NC(=O)c2csc(S(C)(=O)=O)c2)cc1. The molecule has 0 aliphatic rings. The molecule has 0 radical (unpaired) electrons. The van der Waals surface area contributed by atoms with Gasteiger partial charge in [0.2, 0.25) is 0 Å². The van der Waals surface area contributed by atoms with Crippen molar-refractivity contribution in [1.82, 2.24) is 5.32 Å². The zero-order valence-electron chi connectivity index (χ0n) is 13.6. The number of aliphatic carboxylic acids is 1. The van der Waals surface area contributed by atoms with Crippen LogP contribution in [0.15, 0.2) is 44.8 Å². The van der Waals surface area contributed by atoms with Crippen LogP contribution >= 0.6 is 23.1 Å². The molecule has 6 nitrogen and oxygen atoms in total. The maximum atomic E-state index is 12.4. The molecule has 25 heavy (non-hydrogen) atoms. The lowest BCUT2D eigenvalue weighted by Gasteiger charge is -2.17. The van der Waals surface area contributed by atoms with Crippen molar-refractivity contribution in [2.75, 3.05) is 12.5 Å². The van der Waals surface area contributed by atoms with Gasteiger partial charge in [-0.15, -0.1) is 23.1 Å². The summed E-state index contributed by atoms with van der Waals surface area (Å²) in [5, 5.41) is 13.2. The van der Waals surface area contributed by atoms with E-state index in [0.29, 0.717) is 5.56 Å².